The molecule has 1 N–H and O–H groups in total. The third-order valence-corrected chi connectivity index (χ3v) is 7.54. The highest BCUT2D eigenvalue weighted by Crippen LogP contribution is 2.37. The van der Waals surface area contributed by atoms with Crippen LogP contribution in [-0.2, 0) is 20.8 Å². The van der Waals surface area contributed by atoms with Crippen LogP contribution in [0.5, 0.6) is 11.5 Å². The summed E-state index contributed by atoms with van der Waals surface area (Å²) >= 11 is 0. The number of carbonyl (C=O) groups excluding carboxylic acids is 1. The molecule has 3 aromatic rings. The minimum Gasteiger partial charge on any atom is -0.464 e. The molecule has 3 aliphatic rings. The Hall–Kier alpha value is -3.53. The zero-order valence-corrected chi connectivity index (χ0v) is 21.9. The van der Waals surface area contributed by atoms with Crippen molar-refractivity contribution in [3.05, 3.63) is 71.7 Å². The summed E-state index contributed by atoms with van der Waals surface area (Å²) in [5.41, 5.74) is 3.00. The number of allylic oxidation sites excluding steroid dienone is 1. The lowest BCUT2D eigenvalue weighted by Crippen LogP contribution is -2.49. The highest BCUT2D eigenvalue weighted by molar-refractivity contribution is 5.92. The van der Waals surface area contributed by atoms with Gasteiger partial charge in [0, 0.05) is 62.6 Å². The lowest BCUT2D eigenvalue weighted by molar-refractivity contribution is -0.154. The molecular weight excluding hydrogens is 500 g/mol. The number of amides is 1. The van der Waals surface area contributed by atoms with E-state index in [1.54, 1.807) is 6.26 Å². The van der Waals surface area contributed by atoms with Crippen LogP contribution >= 0.6 is 0 Å². The fraction of sp³-hybridized carbons (Fsp3) is 0.433. The lowest BCUT2D eigenvalue weighted by Gasteiger charge is -2.36. The predicted molar refractivity (Wildman–Crippen MR) is 143 cm³/mol. The molecule has 1 amide bonds. The molecule has 0 spiro atoms. The predicted octanol–water partition coefficient (Wildman–Crippen LogP) is 4.01. The van der Waals surface area contributed by atoms with Crippen molar-refractivity contribution < 1.29 is 33.3 Å². The summed E-state index contributed by atoms with van der Waals surface area (Å²) in [6, 6.07) is 14.0. The minimum absolute atomic E-state index is 0.0727. The number of piperazine rings is 1. The maximum Gasteiger partial charge on any atom is 0.288 e. The van der Waals surface area contributed by atoms with Crippen molar-refractivity contribution in [2.45, 2.75) is 38.0 Å². The van der Waals surface area contributed by atoms with Crippen LogP contribution in [0.15, 0.2) is 65.0 Å². The van der Waals surface area contributed by atoms with Crippen molar-refractivity contribution in [3.63, 3.8) is 0 Å². The van der Waals surface area contributed by atoms with Crippen molar-refractivity contribution in [2.24, 2.45) is 0 Å². The fourth-order valence-electron chi connectivity index (χ4n) is 5.40. The first-order valence-electron chi connectivity index (χ1n) is 13.6. The number of ether oxygens (including phenoxy) is 4. The quantitative estimate of drug-likeness (QED) is 0.412. The number of aliphatic hydroxyl groups is 1. The first kappa shape index (κ1) is 25.7. The molecule has 0 aliphatic carbocycles. The summed E-state index contributed by atoms with van der Waals surface area (Å²) in [5, 5.41) is 10.1. The molecule has 1 fully saturated rings. The summed E-state index contributed by atoms with van der Waals surface area (Å²) in [5.74, 6) is 1.71. The van der Waals surface area contributed by atoms with E-state index in [0.717, 1.165) is 59.7 Å². The van der Waals surface area contributed by atoms with Gasteiger partial charge in [-0.3, -0.25) is 9.69 Å². The van der Waals surface area contributed by atoms with Crippen LogP contribution in [0, 0.1) is 0 Å². The molecule has 0 bridgehead atoms. The first-order valence-corrected chi connectivity index (χ1v) is 13.6. The Morgan fingerprint density at radius 1 is 1.03 bits per heavy atom. The number of hydrogen-bond donors (Lipinski definition) is 1. The van der Waals surface area contributed by atoms with Crippen LogP contribution in [0.3, 0.4) is 0 Å². The van der Waals surface area contributed by atoms with Crippen LogP contribution in [0.4, 0.5) is 0 Å². The summed E-state index contributed by atoms with van der Waals surface area (Å²) < 4.78 is 28.8. The van der Waals surface area contributed by atoms with Crippen molar-refractivity contribution in [1.29, 1.82) is 0 Å². The molecule has 2 unspecified atom stereocenters. The van der Waals surface area contributed by atoms with Crippen molar-refractivity contribution in [3.8, 4) is 11.5 Å². The van der Waals surface area contributed by atoms with Gasteiger partial charge in [-0.05, 0) is 42.7 Å². The zero-order valence-electron chi connectivity index (χ0n) is 21.9. The Kier molecular flexibility index (Phi) is 7.71. The van der Waals surface area contributed by atoms with Gasteiger partial charge in [0.15, 0.2) is 17.3 Å². The molecule has 9 heteroatoms. The van der Waals surface area contributed by atoms with E-state index >= 15 is 0 Å². The van der Waals surface area contributed by atoms with Gasteiger partial charge in [0.25, 0.3) is 5.91 Å². The summed E-state index contributed by atoms with van der Waals surface area (Å²) in [6.45, 7) is 4.42. The molecule has 39 heavy (non-hydrogen) atoms. The van der Waals surface area contributed by atoms with E-state index in [-0.39, 0.29) is 25.2 Å². The number of unbranched alkanes of at least 4 members (excludes halogenated alkanes) is 1. The maximum atomic E-state index is 13.6. The minimum atomic E-state index is -0.543. The summed E-state index contributed by atoms with van der Waals surface area (Å²) in [7, 11) is 0. The second kappa shape index (κ2) is 11.7. The lowest BCUT2D eigenvalue weighted by atomic mass is 9.92. The molecule has 0 radical (unpaired) electrons. The van der Waals surface area contributed by atoms with Gasteiger partial charge < -0.3 is 33.4 Å². The van der Waals surface area contributed by atoms with Crippen LogP contribution in [0.1, 0.15) is 36.3 Å². The van der Waals surface area contributed by atoms with E-state index in [1.165, 1.54) is 0 Å². The van der Waals surface area contributed by atoms with E-state index in [0.29, 0.717) is 38.3 Å². The molecule has 0 saturated carbocycles. The standard InChI is InChI=1S/C30H34N2O7/c33-13-3-4-14-35-29-17-22(24-19-36-25-6-2-1-5-23(24)25)16-28(39-29)30(34)32-11-9-31(10-12-32)18-21-7-8-26-27(15-21)38-20-37-26/h1-2,5-8,15-16,19,22,29,33H,3-4,9-14,17-18,20H2. The first-order chi connectivity index (χ1) is 19.2. The van der Waals surface area contributed by atoms with Crippen molar-refractivity contribution in [2.75, 3.05) is 46.2 Å². The number of fused-ring (bicyclic) bond motifs is 2. The molecule has 206 valence electrons. The van der Waals surface area contributed by atoms with Gasteiger partial charge in [0.2, 0.25) is 13.1 Å². The summed E-state index contributed by atoms with van der Waals surface area (Å²) in [4.78, 5) is 17.8. The van der Waals surface area contributed by atoms with E-state index < -0.39 is 6.29 Å². The third-order valence-electron chi connectivity index (χ3n) is 7.54. The van der Waals surface area contributed by atoms with Gasteiger partial charge in [0.1, 0.15) is 5.58 Å². The van der Waals surface area contributed by atoms with Gasteiger partial charge in [-0.25, -0.2) is 0 Å². The Bertz CT molecular complexity index is 1330. The number of nitrogens with zero attached hydrogens (tertiary/aromatic N) is 2. The molecule has 6 rings (SSSR count). The van der Waals surface area contributed by atoms with Crippen LogP contribution in [-0.4, -0.2) is 73.3 Å². The Morgan fingerprint density at radius 2 is 1.87 bits per heavy atom. The van der Waals surface area contributed by atoms with E-state index in [1.807, 2.05) is 47.4 Å². The maximum absolute atomic E-state index is 13.6. The van der Waals surface area contributed by atoms with Crippen LogP contribution < -0.4 is 9.47 Å². The monoisotopic (exact) mass is 534 g/mol. The molecule has 9 nitrogen and oxygen atoms in total. The topological polar surface area (TPSA) is 93.8 Å². The van der Waals surface area contributed by atoms with Gasteiger partial charge >= 0.3 is 0 Å². The fourth-order valence-corrected chi connectivity index (χ4v) is 5.40. The number of furan rings is 1. The SMILES string of the molecule is O=C(C1=CC(c2coc3ccccc23)CC(OCCCCO)O1)N1CCN(Cc2ccc3c(c2)OCO3)CC1. The van der Waals surface area contributed by atoms with Gasteiger partial charge in [-0.2, -0.15) is 0 Å². The zero-order chi connectivity index (χ0) is 26.6. The second-order valence-electron chi connectivity index (χ2n) is 10.2. The smallest absolute Gasteiger partial charge is 0.288 e. The average molecular weight is 535 g/mol. The molecule has 4 heterocycles. The van der Waals surface area contributed by atoms with Gasteiger partial charge in [-0.15, -0.1) is 0 Å². The largest absolute Gasteiger partial charge is 0.464 e. The highest BCUT2D eigenvalue weighted by atomic mass is 16.7. The number of hydrogen-bond acceptors (Lipinski definition) is 8. The van der Waals surface area contributed by atoms with Gasteiger partial charge in [-0.1, -0.05) is 24.3 Å². The van der Waals surface area contributed by atoms with E-state index in [2.05, 4.69) is 11.0 Å². The van der Waals surface area contributed by atoms with Gasteiger partial charge in [0.05, 0.1) is 12.9 Å². The summed E-state index contributed by atoms with van der Waals surface area (Å²) in [6.07, 6.45) is 5.14. The number of rotatable bonds is 9. The van der Waals surface area contributed by atoms with E-state index in [9.17, 15) is 4.79 Å². The second-order valence-corrected chi connectivity index (χ2v) is 10.2. The Labute approximate surface area is 227 Å². The number of para-hydroxylation sites is 1. The third kappa shape index (κ3) is 5.75. The number of benzene rings is 2. The normalized spacial score (nSPS) is 21.2. The van der Waals surface area contributed by atoms with Crippen LogP contribution in [0.25, 0.3) is 11.0 Å². The van der Waals surface area contributed by atoms with Crippen LogP contribution in [0.2, 0.25) is 0 Å². The molecular formula is C30H34N2O7. The number of carbonyl (C=O) groups is 1. The Morgan fingerprint density at radius 3 is 2.74 bits per heavy atom. The number of aliphatic hydroxyl groups excluding tert-OH is 1. The average Bonchev–Trinajstić information content (AvgIpc) is 3.62. The molecule has 2 atom stereocenters. The molecule has 1 aromatic heterocycles. The highest BCUT2D eigenvalue weighted by Gasteiger charge is 2.33. The van der Waals surface area contributed by atoms with Crippen molar-refractivity contribution in [1.82, 2.24) is 9.80 Å². The Balaban J connectivity index is 1.12. The van der Waals surface area contributed by atoms with Crippen molar-refractivity contribution >= 4 is 16.9 Å². The molecule has 1 saturated heterocycles. The molecule has 2 aromatic carbocycles. The molecule has 3 aliphatic heterocycles. The van der Waals surface area contributed by atoms with E-state index in [4.69, 9.17) is 28.5 Å².